The van der Waals surface area contributed by atoms with Gasteiger partial charge < -0.3 is 4.90 Å². The Balaban J connectivity index is 1.52. The summed E-state index contributed by atoms with van der Waals surface area (Å²) in [5.41, 5.74) is 4.26. The molecule has 0 N–H and O–H groups in total. The zero-order valence-electron chi connectivity index (χ0n) is 15.7. The van der Waals surface area contributed by atoms with E-state index in [1.165, 1.54) is 0 Å². The molecule has 0 saturated carbocycles. The van der Waals surface area contributed by atoms with Gasteiger partial charge in [-0.05, 0) is 36.6 Å². The number of amides is 1. The van der Waals surface area contributed by atoms with Crippen molar-refractivity contribution in [2.45, 2.75) is 18.9 Å². The van der Waals surface area contributed by atoms with Crippen molar-refractivity contribution >= 4 is 27.5 Å². The van der Waals surface area contributed by atoms with E-state index in [2.05, 4.69) is 38.1 Å². The van der Waals surface area contributed by atoms with Gasteiger partial charge in [0.2, 0.25) is 0 Å². The first-order valence-electron chi connectivity index (χ1n) is 9.67. The maximum atomic E-state index is 13.4. The number of hydrogen-bond donors (Lipinski definition) is 0. The molecule has 1 atom stereocenters. The van der Waals surface area contributed by atoms with Crippen LogP contribution in [-0.4, -0.2) is 31.9 Å². The molecule has 0 bridgehead atoms. The Bertz CT molecular complexity index is 1170. The van der Waals surface area contributed by atoms with Crippen molar-refractivity contribution in [3.8, 4) is 11.3 Å². The summed E-state index contributed by atoms with van der Waals surface area (Å²) in [5, 5.41) is 4.50. The molecule has 0 spiro atoms. The number of rotatable bonds is 3. The molecule has 2 aromatic carbocycles. The summed E-state index contributed by atoms with van der Waals surface area (Å²) in [5.74, 6) is -0.0110. The van der Waals surface area contributed by atoms with Crippen molar-refractivity contribution in [3.63, 3.8) is 0 Å². The van der Waals surface area contributed by atoms with Crippen molar-refractivity contribution in [1.29, 1.82) is 0 Å². The van der Waals surface area contributed by atoms with Crippen LogP contribution in [0.5, 0.6) is 0 Å². The molecular formula is C23H19BrN4O. The Morgan fingerprint density at radius 1 is 1.03 bits per heavy atom. The Kier molecular flexibility index (Phi) is 4.64. The molecule has 1 aliphatic heterocycles. The first-order valence-corrected chi connectivity index (χ1v) is 10.5. The molecule has 1 unspecified atom stereocenters. The van der Waals surface area contributed by atoms with Crippen LogP contribution in [0.3, 0.4) is 0 Å². The summed E-state index contributed by atoms with van der Waals surface area (Å²) in [6.07, 6.45) is 5.35. The number of hydrogen-bond acceptors (Lipinski definition) is 3. The third-order valence-electron chi connectivity index (χ3n) is 5.47. The van der Waals surface area contributed by atoms with E-state index < -0.39 is 0 Å². The molecule has 4 aromatic rings. The number of nitrogens with zero attached hydrogens (tertiary/aromatic N) is 4. The van der Waals surface area contributed by atoms with Gasteiger partial charge in [-0.3, -0.25) is 4.79 Å². The zero-order chi connectivity index (χ0) is 19.8. The van der Waals surface area contributed by atoms with Crippen molar-refractivity contribution in [1.82, 2.24) is 19.5 Å². The van der Waals surface area contributed by atoms with E-state index in [1.807, 2.05) is 53.4 Å². The van der Waals surface area contributed by atoms with Gasteiger partial charge in [0.15, 0.2) is 5.65 Å². The van der Waals surface area contributed by atoms with Crippen LogP contribution in [0.4, 0.5) is 0 Å². The maximum absolute atomic E-state index is 13.4. The van der Waals surface area contributed by atoms with Gasteiger partial charge in [0.05, 0.1) is 17.9 Å². The highest BCUT2D eigenvalue weighted by Gasteiger charge is 2.32. The lowest BCUT2D eigenvalue weighted by Crippen LogP contribution is -2.30. The molecular weight excluding hydrogens is 428 g/mol. The molecule has 144 valence electrons. The highest BCUT2D eigenvalue weighted by Crippen LogP contribution is 2.34. The quantitative estimate of drug-likeness (QED) is 0.437. The monoisotopic (exact) mass is 446 g/mol. The average Bonchev–Trinajstić information content (AvgIpc) is 3.42. The maximum Gasteiger partial charge on any atom is 0.259 e. The third-order valence-corrected chi connectivity index (χ3v) is 6.00. The van der Waals surface area contributed by atoms with E-state index in [4.69, 9.17) is 0 Å². The lowest BCUT2D eigenvalue weighted by Gasteiger charge is -2.24. The molecule has 0 aliphatic carbocycles. The van der Waals surface area contributed by atoms with Crippen LogP contribution in [0.25, 0.3) is 16.9 Å². The van der Waals surface area contributed by atoms with Crippen LogP contribution >= 0.6 is 15.9 Å². The minimum atomic E-state index is -0.0110. The molecule has 29 heavy (non-hydrogen) atoms. The van der Waals surface area contributed by atoms with Crippen LogP contribution < -0.4 is 0 Å². The molecule has 1 aliphatic rings. The predicted molar refractivity (Wildman–Crippen MR) is 116 cm³/mol. The summed E-state index contributed by atoms with van der Waals surface area (Å²) in [7, 11) is 0. The second-order valence-corrected chi connectivity index (χ2v) is 8.11. The average molecular weight is 447 g/mol. The van der Waals surface area contributed by atoms with E-state index in [9.17, 15) is 4.79 Å². The van der Waals surface area contributed by atoms with Gasteiger partial charge in [-0.1, -0.05) is 58.4 Å². The fourth-order valence-corrected chi connectivity index (χ4v) is 4.33. The second-order valence-electron chi connectivity index (χ2n) is 7.20. The smallest absolute Gasteiger partial charge is 0.259 e. The molecule has 5 nitrogen and oxygen atoms in total. The Hall–Kier alpha value is -2.99. The minimum Gasteiger partial charge on any atom is -0.331 e. The van der Waals surface area contributed by atoms with Crippen LogP contribution in [-0.2, 0) is 0 Å². The highest BCUT2D eigenvalue weighted by molar-refractivity contribution is 9.10. The second kappa shape index (κ2) is 7.44. The molecule has 1 fully saturated rings. The fraction of sp³-hybridized carbons (Fsp3) is 0.174. The Morgan fingerprint density at radius 3 is 2.62 bits per heavy atom. The lowest BCUT2D eigenvalue weighted by atomic mass is 10.0. The predicted octanol–water partition coefficient (Wildman–Crippen LogP) is 5.14. The SMILES string of the molecule is O=C(c1cnn2c(-c3ccccc3)ccnc12)N1CCCC1c1ccc(Br)cc1. The number of carbonyl (C=O) groups is 1. The molecule has 2 aromatic heterocycles. The summed E-state index contributed by atoms with van der Waals surface area (Å²) in [6, 6.07) is 20.3. The number of halogens is 1. The van der Waals surface area contributed by atoms with E-state index in [-0.39, 0.29) is 11.9 Å². The molecule has 3 heterocycles. The molecule has 0 radical (unpaired) electrons. The van der Waals surface area contributed by atoms with Crippen LogP contribution in [0.1, 0.15) is 34.8 Å². The standard InChI is InChI=1S/C23H19BrN4O/c24-18-10-8-17(9-11-18)20-7-4-14-27(20)23(29)19-15-26-28-21(12-13-25-22(19)28)16-5-2-1-3-6-16/h1-3,5-6,8-13,15,20H,4,7,14H2. The van der Waals surface area contributed by atoms with Crippen LogP contribution in [0.2, 0.25) is 0 Å². The van der Waals surface area contributed by atoms with Gasteiger partial charge in [0, 0.05) is 22.8 Å². The van der Waals surface area contributed by atoms with Gasteiger partial charge in [-0.15, -0.1) is 0 Å². The van der Waals surface area contributed by atoms with Crippen molar-refractivity contribution in [2.75, 3.05) is 6.54 Å². The summed E-state index contributed by atoms with van der Waals surface area (Å²) >= 11 is 3.48. The molecule has 1 amide bonds. The third kappa shape index (κ3) is 3.23. The van der Waals surface area contributed by atoms with Crippen molar-refractivity contribution in [2.24, 2.45) is 0 Å². The normalized spacial score (nSPS) is 16.4. The van der Waals surface area contributed by atoms with Gasteiger partial charge >= 0.3 is 0 Å². The minimum absolute atomic E-state index is 0.0110. The zero-order valence-corrected chi connectivity index (χ0v) is 17.3. The van der Waals surface area contributed by atoms with E-state index in [1.54, 1.807) is 16.9 Å². The number of benzene rings is 2. The number of likely N-dealkylation sites (tertiary alicyclic amines) is 1. The topological polar surface area (TPSA) is 50.5 Å². The van der Waals surface area contributed by atoms with Crippen molar-refractivity contribution in [3.05, 3.63) is 88.7 Å². The number of fused-ring (bicyclic) bond motifs is 1. The highest BCUT2D eigenvalue weighted by atomic mass is 79.9. The summed E-state index contributed by atoms with van der Waals surface area (Å²) in [6.45, 7) is 0.745. The molecule has 5 rings (SSSR count). The van der Waals surface area contributed by atoms with Gasteiger partial charge in [0.1, 0.15) is 5.56 Å². The van der Waals surface area contributed by atoms with E-state index in [0.29, 0.717) is 11.2 Å². The van der Waals surface area contributed by atoms with Gasteiger partial charge in [-0.2, -0.15) is 5.10 Å². The fourth-order valence-electron chi connectivity index (χ4n) is 4.07. The van der Waals surface area contributed by atoms with Crippen LogP contribution in [0.15, 0.2) is 77.5 Å². The van der Waals surface area contributed by atoms with Crippen LogP contribution in [0, 0.1) is 0 Å². The molecule has 6 heteroatoms. The Morgan fingerprint density at radius 2 is 1.83 bits per heavy atom. The van der Waals surface area contributed by atoms with E-state index in [0.717, 1.165) is 40.7 Å². The first kappa shape index (κ1) is 18.1. The number of carbonyl (C=O) groups excluding carboxylic acids is 1. The van der Waals surface area contributed by atoms with Crippen molar-refractivity contribution < 1.29 is 4.79 Å². The van der Waals surface area contributed by atoms with Gasteiger partial charge in [0.25, 0.3) is 5.91 Å². The molecule has 1 saturated heterocycles. The van der Waals surface area contributed by atoms with E-state index >= 15 is 0 Å². The van der Waals surface area contributed by atoms with Gasteiger partial charge in [-0.25, -0.2) is 9.50 Å². The Labute approximate surface area is 177 Å². The summed E-state index contributed by atoms with van der Waals surface area (Å²) < 4.78 is 2.80. The first-order chi connectivity index (χ1) is 14.2. The summed E-state index contributed by atoms with van der Waals surface area (Å²) in [4.78, 5) is 19.9. The number of aromatic nitrogens is 3. The largest absolute Gasteiger partial charge is 0.331 e. The lowest BCUT2D eigenvalue weighted by molar-refractivity contribution is 0.0737.